The topological polar surface area (TPSA) is 97.0 Å². The van der Waals surface area contributed by atoms with Gasteiger partial charge in [0.15, 0.2) is 0 Å². The third-order valence-corrected chi connectivity index (χ3v) is 6.46. The maximum atomic E-state index is 13.9. The third-order valence-electron chi connectivity index (χ3n) is 6.10. The van der Waals surface area contributed by atoms with E-state index < -0.39 is 23.8 Å². The fraction of sp³-hybridized carbons (Fsp3) is 0.464. The van der Waals surface area contributed by atoms with E-state index in [9.17, 15) is 14.4 Å². The van der Waals surface area contributed by atoms with Crippen molar-refractivity contribution in [3.63, 3.8) is 0 Å². The number of carbonyl (C=O) groups is 3. The first kappa shape index (κ1) is 28.4. The summed E-state index contributed by atoms with van der Waals surface area (Å²) < 4.78 is 10.6. The molecule has 2 atom stereocenters. The Balaban J connectivity index is 1.95. The van der Waals surface area contributed by atoms with Gasteiger partial charge in [0.05, 0.1) is 7.11 Å². The van der Waals surface area contributed by atoms with Crippen molar-refractivity contribution in [1.29, 1.82) is 0 Å². The first-order valence-corrected chi connectivity index (χ1v) is 13.0. The molecule has 0 radical (unpaired) electrons. The molecule has 0 saturated heterocycles. The molecule has 9 heteroatoms. The van der Waals surface area contributed by atoms with Gasteiger partial charge in [-0.25, -0.2) is 4.79 Å². The molecule has 0 heterocycles. The summed E-state index contributed by atoms with van der Waals surface area (Å²) in [6, 6.07) is 10.8. The van der Waals surface area contributed by atoms with Gasteiger partial charge >= 0.3 is 6.09 Å². The van der Waals surface area contributed by atoms with Gasteiger partial charge in [-0.2, -0.15) is 12.6 Å². The maximum Gasteiger partial charge on any atom is 0.408 e. The number of thiol groups is 1. The summed E-state index contributed by atoms with van der Waals surface area (Å²) in [4.78, 5) is 41.7. The van der Waals surface area contributed by atoms with Gasteiger partial charge in [-0.15, -0.1) is 0 Å². The maximum absolute atomic E-state index is 13.9. The fourth-order valence-corrected chi connectivity index (χ4v) is 4.19. The van der Waals surface area contributed by atoms with Gasteiger partial charge in [0.25, 0.3) is 5.91 Å². The SMILES string of the molecule is COc1ccc(NC(=O)C(c2ccc(C)c(C)c2)N(C(=O)C(CS)NC(=O)OC(C)(C)C)C2CC2)cc1. The van der Waals surface area contributed by atoms with Gasteiger partial charge in [0.1, 0.15) is 23.4 Å². The molecule has 1 aliphatic rings. The number of amides is 3. The van der Waals surface area contributed by atoms with E-state index in [0.29, 0.717) is 17.0 Å². The quantitative estimate of drug-likeness (QED) is 0.407. The zero-order valence-electron chi connectivity index (χ0n) is 22.3. The standard InChI is InChI=1S/C28H37N3O5S/c1-17-7-8-19(15-18(17)2)24(25(32)29-20-9-13-22(35-6)14-10-20)31(21-11-12-21)26(33)23(16-37)30-27(34)36-28(3,4)5/h7-10,13-15,21,23-24,37H,11-12,16H2,1-6H3,(H,29,32)(H,30,34). The molecular formula is C28H37N3O5S. The Morgan fingerprint density at radius 3 is 2.22 bits per heavy atom. The number of nitrogens with one attached hydrogen (secondary N) is 2. The molecule has 3 rings (SSSR count). The molecule has 0 aliphatic heterocycles. The highest BCUT2D eigenvalue weighted by molar-refractivity contribution is 7.80. The van der Waals surface area contributed by atoms with Crippen molar-refractivity contribution in [2.45, 2.75) is 71.2 Å². The lowest BCUT2D eigenvalue weighted by Crippen LogP contribution is -2.54. The Morgan fingerprint density at radius 1 is 1.05 bits per heavy atom. The first-order valence-electron chi connectivity index (χ1n) is 12.4. The van der Waals surface area contributed by atoms with Crippen LogP contribution < -0.4 is 15.4 Å². The average molecular weight is 528 g/mol. The average Bonchev–Trinajstić information content (AvgIpc) is 3.67. The van der Waals surface area contributed by atoms with Crippen LogP contribution in [0.15, 0.2) is 42.5 Å². The van der Waals surface area contributed by atoms with Crippen LogP contribution in [0.4, 0.5) is 10.5 Å². The monoisotopic (exact) mass is 527 g/mol. The Morgan fingerprint density at radius 2 is 1.70 bits per heavy atom. The summed E-state index contributed by atoms with van der Waals surface area (Å²) in [5, 5.41) is 5.59. The Kier molecular flexibility index (Phi) is 9.12. The number of anilines is 1. The van der Waals surface area contributed by atoms with Gasteiger partial charge < -0.3 is 25.0 Å². The number of ether oxygens (including phenoxy) is 2. The number of rotatable bonds is 9. The van der Waals surface area contributed by atoms with Crippen LogP contribution in [-0.4, -0.2) is 53.4 Å². The summed E-state index contributed by atoms with van der Waals surface area (Å²) in [5.74, 6) is 0.00441. The fourth-order valence-electron chi connectivity index (χ4n) is 3.94. The zero-order valence-corrected chi connectivity index (χ0v) is 23.2. The van der Waals surface area contributed by atoms with Crippen LogP contribution in [0.2, 0.25) is 0 Å². The molecule has 8 nitrogen and oxygen atoms in total. The number of alkyl carbamates (subject to hydrolysis) is 1. The molecule has 2 aromatic rings. The summed E-state index contributed by atoms with van der Waals surface area (Å²) >= 11 is 4.33. The lowest BCUT2D eigenvalue weighted by atomic mass is 9.98. The van der Waals surface area contributed by atoms with Crippen LogP contribution in [0.5, 0.6) is 5.75 Å². The summed E-state index contributed by atoms with van der Waals surface area (Å²) in [7, 11) is 1.58. The van der Waals surface area contributed by atoms with Crippen molar-refractivity contribution in [3.05, 3.63) is 59.2 Å². The lowest BCUT2D eigenvalue weighted by molar-refractivity contribution is -0.141. The highest BCUT2D eigenvalue weighted by atomic mass is 32.1. The highest BCUT2D eigenvalue weighted by Gasteiger charge is 2.44. The van der Waals surface area contributed by atoms with Crippen molar-refractivity contribution >= 4 is 36.2 Å². The molecular weight excluding hydrogens is 490 g/mol. The number of benzene rings is 2. The number of aryl methyl sites for hydroxylation is 2. The minimum absolute atomic E-state index is 0.0566. The Hall–Kier alpha value is -3.20. The summed E-state index contributed by atoms with van der Waals surface area (Å²) in [5.41, 5.74) is 2.66. The number of hydrogen-bond donors (Lipinski definition) is 3. The highest BCUT2D eigenvalue weighted by Crippen LogP contribution is 2.36. The van der Waals surface area contributed by atoms with Crippen LogP contribution in [0.25, 0.3) is 0 Å². The van der Waals surface area contributed by atoms with Gasteiger partial charge in [-0.3, -0.25) is 9.59 Å². The second-order valence-corrected chi connectivity index (χ2v) is 10.7. The molecule has 200 valence electrons. The van der Waals surface area contributed by atoms with E-state index in [1.165, 1.54) is 0 Å². The molecule has 1 saturated carbocycles. The molecule has 2 unspecified atom stereocenters. The lowest BCUT2D eigenvalue weighted by Gasteiger charge is -2.34. The van der Waals surface area contributed by atoms with E-state index in [1.54, 1.807) is 57.0 Å². The molecule has 0 bridgehead atoms. The molecule has 0 aromatic heterocycles. The number of methoxy groups -OCH3 is 1. The molecule has 3 amide bonds. The first-order chi connectivity index (χ1) is 17.4. The van der Waals surface area contributed by atoms with Crippen LogP contribution >= 0.6 is 12.6 Å². The van der Waals surface area contributed by atoms with Crippen LogP contribution in [0, 0.1) is 13.8 Å². The van der Waals surface area contributed by atoms with Crippen LogP contribution in [-0.2, 0) is 14.3 Å². The normalized spacial score (nSPS) is 14.8. The van der Waals surface area contributed by atoms with Crippen molar-refractivity contribution < 1.29 is 23.9 Å². The van der Waals surface area contributed by atoms with E-state index in [4.69, 9.17) is 9.47 Å². The van der Waals surface area contributed by atoms with Gasteiger partial charge in [-0.05, 0) is 88.4 Å². The van der Waals surface area contributed by atoms with Gasteiger partial charge in [-0.1, -0.05) is 18.2 Å². The van der Waals surface area contributed by atoms with E-state index in [-0.39, 0.29) is 23.6 Å². The minimum Gasteiger partial charge on any atom is -0.497 e. The Bertz CT molecular complexity index is 1130. The van der Waals surface area contributed by atoms with Crippen molar-refractivity contribution in [2.24, 2.45) is 0 Å². The number of hydrogen-bond acceptors (Lipinski definition) is 6. The van der Waals surface area contributed by atoms with Crippen LogP contribution in [0.1, 0.15) is 56.3 Å². The minimum atomic E-state index is -0.957. The van der Waals surface area contributed by atoms with E-state index in [2.05, 4.69) is 23.3 Å². The molecule has 0 spiro atoms. The zero-order chi connectivity index (χ0) is 27.3. The summed E-state index contributed by atoms with van der Waals surface area (Å²) in [6.45, 7) is 9.22. The Labute approximate surface area is 224 Å². The van der Waals surface area contributed by atoms with Crippen LogP contribution in [0.3, 0.4) is 0 Å². The molecule has 2 aromatic carbocycles. The molecule has 1 aliphatic carbocycles. The molecule has 37 heavy (non-hydrogen) atoms. The van der Waals surface area contributed by atoms with Gasteiger partial charge in [0, 0.05) is 17.5 Å². The molecule has 1 fully saturated rings. The van der Waals surface area contributed by atoms with E-state index in [1.807, 2.05) is 32.0 Å². The van der Waals surface area contributed by atoms with Crippen molar-refractivity contribution in [3.8, 4) is 5.75 Å². The van der Waals surface area contributed by atoms with Gasteiger partial charge in [0.2, 0.25) is 5.91 Å². The molecule has 2 N–H and O–H groups in total. The third kappa shape index (κ3) is 7.64. The summed E-state index contributed by atoms with van der Waals surface area (Å²) in [6.07, 6.45) is 0.838. The van der Waals surface area contributed by atoms with Crippen molar-refractivity contribution in [1.82, 2.24) is 10.2 Å². The number of nitrogens with zero attached hydrogens (tertiary/aromatic N) is 1. The predicted molar refractivity (Wildman–Crippen MR) is 147 cm³/mol. The smallest absolute Gasteiger partial charge is 0.408 e. The largest absolute Gasteiger partial charge is 0.497 e. The van der Waals surface area contributed by atoms with E-state index in [0.717, 1.165) is 24.0 Å². The predicted octanol–water partition coefficient (Wildman–Crippen LogP) is 4.81. The second-order valence-electron chi connectivity index (χ2n) is 10.3. The van der Waals surface area contributed by atoms with Crippen molar-refractivity contribution in [2.75, 3.05) is 18.2 Å². The van der Waals surface area contributed by atoms with E-state index >= 15 is 0 Å². The second kappa shape index (κ2) is 11.9. The number of carbonyl (C=O) groups excluding carboxylic acids is 3.